The number of hydrogen-bond acceptors (Lipinski definition) is 6. The molecule has 0 saturated carbocycles. The first kappa shape index (κ1) is 25.2. The molecule has 10 heteroatoms. The van der Waals surface area contributed by atoms with Crippen LogP contribution in [0.4, 0.5) is 5.95 Å². The highest BCUT2D eigenvalue weighted by molar-refractivity contribution is 6.36. The molecule has 9 nitrogen and oxygen atoms in total. The van der Waals surface area contributed by atoms with Gasteiger partial charge < -0.3 is 19.5 Å². The van der Waals surface area contributed by atoms with Crippen molar-refractivity contribution < 1.29 is 14.3 Å². The first-order valence-corrected chi connectivity index (χ1v) is 13.1. The van der Waals surface area contributed by atoms with Gasteiger partial charge in [0.05, 0.1) is 17.1 Å². The van der Waals surface area contributed by atoms with E-state index in [1.165, 1.54) is 6.08 Å². The van der Waals surface area contributed by atoms with Gasteiger partial charge in [-0.2, -0.15) is 0 Å². The van der Waals surface area contributed by atoms with Crippen molar-refractivity contribution in [1.29, 1.82) is 0 Å². The topological polar surface area (TPSA) is 101 Å². The van der Waals surface area contributed by atoms with Crippen LogP contribution in [0, 0.1) is 6.92 Å². The Hall–Kier alpha value is -3.43. The van der Waals surface area contributed by atoms with Gasteiger partial charge in [-0.1, -0.05) is 18.2 Å². The van der Waals surface area contributed by atoms with E-state index in [1.807, 2.05) is 23.6 Å². The molecule has 2 fully saturated rings. The Morgan fingerprint density at radius 1 is 1.27 bits per heavy atom. The number of likely N-dealkylation sites (tertiary alicyclic amines) is 1. The lowest BCUT2D eigenvalue weighted by Crippen LogP contribution is -2.34. The number of amides is 2. The van der Waals surface area contributed by atoms with E-state index in [9.17, 15) is 9.59 Å². The Labute approximate surface area is 220 Å². The van der Waals surface area contributed by atoms with Crippen LogP contribution in [-0.4, -0.2) is 63.5 Å². The lowest BCUT2D eigenvalue weighted by atomic mass is 10.1. The largest absolute Gasteiger partial charge is 0.487 e. The molecule has 2 amide bonds. The zero-order valence-electron chi connectivity index (χ0n) is 20.9. The summed E-state index contributed by atoms with van der Waals surface area (Å²) in [5.74, 6) is 0.561. The number of anilines is 1. The van der Waals surface area contributed by atoms with Crippen molar-refractivity contribution in [2.75, 3.05) is 31.5 Å². The summed E-state index contributed by atoms with van der Waals surface area (Å²) in [5, 5.41) is 6.74. The van der Waals surface area contributed by atoms with Gasteiger partial charge in [0, 0.05) is 37.1 Å². The third-order valence-electron chi connectivity index (χ3n) is 6.95. The molecule has 194 valence electrons. The van der Waals surface area contributed by atoms with E-state index < -0.39 is 0 Å². The van der Waals surface area contributed by atoms with E-state index in [-0.39, 0.29) is 24.0 Å². The summed E-state index contributed by atoms with van der Waals surface area (Å²) in [4.78, 5) is 36.5. The van der Waals surface area contributed by atoms with Gasteiger partial charge in [0.15, 0.2) is 0 Å². The van der Waals surface area contributed by atoms with Crippen molar-refractivity contribution in [3.63, 3.8) is 0 Å². The number of rotatable bonds is 6. The SMILES string of the molecule is C=CC(=O)N1CCCC[C@@H](n2c(NC(=O)c3ccnc(C)c3)nc3ccc(OC4CCNC4)c(Cl)c32)C1. The average molecular weight is 523 g/mol. The number of hydrogen-bond donors (Lipinski definition) is 2. The molecule has 2 aliphatic rings. The molecule has 2 aromatic heterocycles. The second kappa shape index (κ2) is 10.9. The number of fused-ring (bicyclic) bond motifs is 1. The van der Waals surface area contributed by atoms with Crippen LogP contribution in [0.5, 0.6) is 5.75 Å². The fourth-order valence-corrected chi connectivity index (χ4v) is 5.39. The molecule has 2 saturated heterocycles. The maximum atomic E-state index is 13.2. The highest BCUT2D eigenvalue weighted by Crippen LogP contribution is 2.39. The smallest absolute Gasteiger partial charge is 0.258 e. The van der Waals surface area contributed by atoms with E-state index in [0.717, 1.165) is 44.5 Å². The minimum Gasteiger partial charge on any atom is -0.487 e. The lowest BCUT2D eigenvalue weighted by Gasteiger charge is -2.26. The summed E-state index contributed by atoms with van der Waals surface area (Å²) in [6.45, 7) is 8.28. The Morgan fingerprint density at radius 3 is 2.89 bits per heavy atom. The monoisotopic (exact) mass is 522 g/mol. The highest BCUT2D eigenvalue weighted by Gasteiger charge is 2.29. The van der Waals surface area contributed by atoms with Crippen molar-refractivity contribution in [1.82, 2.24) is 24.8 Å². The number of halogens is 1. The Morgan fingerprint density at radius 2 is 2.14 bits per heavy atom. The molecular weight excluding hydrogens is 492 g/mol. The van der Waals surface area contributed by atoms with Crippen molar-refractivity contribution in [2.45, 2.75) is 44.8 Å². The zero-order chi connectivity index (χ0) is 25.9. The van der Waals surface area contributed by atoms with Gasteiger partial charge >= 0.3 is 0 Å². The molecule has 37 heavy (non-hydrogen) atoms. The predicted molar refractivity (Wildman–Crippen MR) is 143 cm³/mol. The van der Waals surface area contributed by atoms with Gasteiger partial charge in [-0.25, -0.2) is 4.98 Å². The summed E-state index contributed by atoms with van der Waals surface area (Å²) < 4.78 is 8.19. The van der Waals surface area contributed by atoms with Crippen molar-refractivity contribution in [2.24, 2.45) is 0 Å². The number of carbonyl (C=O) groups is 2. The Bertz CT molecular complexity index is 1330. The van der Waals surface area contributed by atoms with Gasteiger partial charge in [-0.3, -0.25) is 19.9 Å². The number of carbonyl (C=O) groups excluding carboxylic acids is 2. The molecule has 1 unspecified atom stereocenters. The van der Waals surface area contributed by atoms with Crippen LogP contribution in [0.15, 0.2) is 43.1 Å². The number of imidazole rings is 1. The maximum Gasteiger partial charge on any atom is 0.258 e. The van der Waals surface area contributed by atoms with Gasteiger partial charge in [0.2, 0.25) is 11.9 Å². The standard InChI is InChI=1S/C27H31ClN6O3/c1-3-23(35)33-13-5-4-6-19(16-33)34-25-21(7-8-22(24(25)28)37-20-10-11-29-15-20)31-27(34)32-26(36)18-9-12-30-17(2)14-18/h3,7-9,12,14,19-20,29H,1,4-6,10-11,13,15-16H2,2H3,(H,31,32,36)/t19-,20?/m1/s1. The molecule has 2 aliphatic heterocycles. The average Bonchev–Trinajstić information content (AvgIpc) is 3.46. The Balaban J connectivity index is 1.58. The van der Waals surface area contributed by atoms with E-state index >= 15 is 0 Å². The molecule has 2 atom stereocenters. The molecular formula is C27H31ClN6O3. The third-order valence-corrected chi connectivity index (χ3v) is 7.31. The summed E-state index contributed by atoms with van der Waals surface area (Å²) in [6, 6.07) is 6.95. The minimum atomic E-state index is -0.292. The van der Waals surface area contributed by atoms with Crippen molar-refractivity contribution >= 4 is 40.4 Å². The molecule has 2 N–H and O–H groups in total. The predicted octanol–water partition coefficient (Wildman–Crippen LogP) is 4.13. The molecule has 3 aromatic rings. The number of benzene rings is 1. The summed E-state index contributed by atoms with van der Waals surface area (Å²) in [5.41, 5.74) is 2.56. The number of aryl methyl sites for hydroxylation is 1. The van der Waals surface area contributed by atoms with Gasteiger partial charge in [-0.05, 0) is 69.5 Å². The second-order valence-electron chi connectivity index (χ2n) is 9.56. The maximum absolute atomic E-state index is 13.2. The Kier molecular flexibility index (Phi) is 7.43. The van der Waals surface area contributed by atoms with Crippen molar-refractivity contribution in [3.05, 3.63) is 59.4 Å². The molecule has 1 aromatic carbocycles. The third kappa shape index (κ3) is 5.33. The summed E-state index contributed by atoms with van der Waals surface area (Å²) >= 11 is 6.98. The number of aromatic nitrogens is 3. The summed E-state index contributed by atoms with van der Waals surface area (Å²) in [7, 11) is 0. The first-order valence-electron chi connectivity index (χ1n) is 12.7. The van der Waals surface area contributed by atoms with Gasteiger partial charge in [0.25, 0.3) is 5.91 Å². The van der Waals surface area contributed by atoms with Crippen LogP contribution in [0.1, 0.15) is 47.8 Å². The van der Waals surface area contributed by atoms with E-state index in [0.29, 0.717) is 46.4 Å². The van der Waals surface area contributed by atoms with E-state index in [4.69, 9.17) is 21.3 Å². The van der Waals surface area contributed by atoms with Crippen LogP contribution in [0.3, 0.4) is 0 Å². The van der Waals surface area contributed by atoms with E-state index in [2.05, 4.69) is 22.2 Å². The molecule has 0 aliphatic carbocycles. The number of pyridine rings is 1. The fraction of sp³-hybridized carbons (Fsp3) is 0.407. The molecule has 4 heterocycles. The normalized spacial score (nSPS) is 20.0. The summed E-state index contributed by atoms with van der Waals surface area (Å²) in [6.07, 6.45) is 6.51. The second-order valence-corrected chi connectivity index (χ2v) is 9.94. The van der Waals surface area contributed by atoms with E-state index in [1.54, 1.807) is 23.2 Å². The van der Waals surface area contributed by atoms with Crippen molar-refractivity contribution in [3.8, 4) is 5.75 Å². The quantitative estimate of drug-likeness (QED) is 0.472. The van der Waals surface area contributed by atoms with Crippen LogP contribution >= 0.6 is 11.6 Å². The fourth-order valence-electron chi connectivity index (χ4n) is 5.09. The molecule has 0 bridgehead atoms. The number of nitrogens with one attached hydrogen (secondary N) is 2. The zero-order valence-corrected chi connectivity index (χ0v) is 21.6. The number of ether oxygens (including phenoxy) is 1. The first-order chi connectivity index (χ1) is 17.9. The van der Waals surface area contributed by atoms with Gasteiger partial charge in [-0.15, -0.1) is 0 Å². The number of nitrogens with zero attached hydrogens (tertiary/aromatic N) is 4. The molecule has 0 radical (unpaired) electrons. The van der Waals surface area contributed by atoms with Gasteiger partial charge in [0.1, 0.15) is 16.9 Å². The van der Waals surface area contributed by atoms with Crippen LogP contribution in [0.25, 0.3) is 11.0 Å². The lowest BCUT2D eigenvalue weighted by molar-refractivity contribution is -0.126. The van der Waals surface area contributed by atoms with Crippen LogP contribution in [-0.2, 0) is 4.79 Å². The van der Waals surface area contributed by atoms with Crippen LogP contribution < -0.4 is 15.4 Å². The molecule has 5 rings (SSSR count). The highest BCUT2D eigenvalue weighted by atomic mass is 35.5. The minimum absolute atomic E-state index is 0.0407. The van der Waals surface area contributed by atoms with Crippen LogP contribution in [0.2, 0.25) is 5.02 Å². The molecule has 0 spiro atoms.